The normalized spacial score (nSPS) is 32.3. The Bertz CT molecular complexity index is 144. The molecule has 0 aromatic rings. The summed E-state index contributed by atoms with van der Waals surface area (Å²) in [5.41, 5.74) is 0. The fourth-order valence-corrected chi connectivity index (χ4v) is 2.95. The van der Waals surface area contributed by atoms with Crippen LogP contribution in [0.15, 0.2) is 0 Å². The zero-order valence-corrected chi connectivity index (χ0v) is 9.71. The number of hydrogen-bond donors (Lipinski definition) is 0. The lowest BCUT2D eigenvalue weighted by Gasteiger charge is -2.24. The van der Waals surface area contributed by atoms with Gasteiger partial charge in [0.05, 0.1) is 0 Å². The molecule has 0 aliphatic carbocycles. The lowest BCUT2D eigenvalue weighted by atomic mass is 9.81. The van der Waals surface area contributed by atoms with E-state index >= 15 is 0 Å². The van der Waals surface area contributed by atoms with Crippen molar-refractivity contribution in [3.05, 3.63) is 0 Å². The van der Waals surface area contributed by atoms with Gasteiger partial charge in [-0.3, -0.25) is 0 Å². The Balaban J connectivity index is 2.48. The summed E-state index contributed by atoms with van der Waals surface area (Å²) in [7, 11) is 2.26. The molecule has 1 rings (SSSR count). The van der Waals surface area contributed by atoms with Crippen LogP contribution in [0, 0.1) is 17.8 Å². The summed E-state index contributed by atoms with van der Waals surface area (Å²) >= 11 is 0. The summed E-state index contributed by atoms with van der Waals surface area (Å²) in [5, 5.41) is 0. The van der Waals surface area contributed by atoms with Crippen molar-refractivity contribution in [2.24, 2.45) is 17.8 Å². The first-order valence-corrected chi connectivity index (χ1v) is 5.87. The van der Waals surface area contributed by atoms with Crippen molar-refractivity contribution in [2.45, 2.75) is 40.0 Å². The van der Waals surface area contributed by atoms with Crippen molar-refractivity contribution >= 4 is 0 Å². The van der Waals surface area contributed by atoms with Crippen molar-refractivity contribution in [1.82, 2.24) is 4.90 Å². The van der Waals surface area contributed by atoms with E-state index < -0.39 is 0 Å². The third-order valence-corrected chi connectivity index (χ3v) is 3.64. The van der Waals surface area contributed by atoms with Crippen LogP contribution in [-0.4, -0.2) is 25.0 Å². The highest BCUT2D eigenvalue weighted by Crippen LogP contribution is 2.33. The van der Waals surface area contributed by atoms with Crippen molar-refractivity contribution in [3.8, 4) is 0 Å². The molecule has 0 aromatic carbocycles. The quantitative estimate of drug-likeness (QED) is 0.647. The zero-order valence-electron chi connectivity index (χ0n) is 9.71. The van der Waals surface area contributed by atoms with Crippen molar-refractivity contribution in [3.63, 3.8) is 0 Å². The molecule has 0 spiro atoms. The van der Waals surface area contributed by atoms with Crippen molar-refractivity contribution in [1.29, 1.82) is 0 Å². The smallest absolute Gasteiger partial charge is 0.00124 e. The third-order valence-electron chi connectivity index (χ3n) is 3.64. The van der Waals surface area contributed by atoms with Gasteiger partial charge in [-0.2, -0.15) is 0 Å². The van der Waals surface area contributed by atoms with Crippen molar-refractivity contribution < 1.29 is 0 Å². The van der Waals surface area contributed by atoms with Crippen LogP contribution < -0.4 is 0 Å². The second-order valence-corrected chi connectivity index (χ2v) is 4.82. The molecule has 0 saturated carbocycles. The molecule has 1 fully saturated rings. The monoisotopic (exact) mass is 183 g/mol. The maximum Gasteiger partial charge on any atom is 0.00124 e. The molecule has 78 valence electrons. The summed E-state index contributed by atoms with van der Waals surface area (Å²) < 4.78 is 0. The molecule has 13 heavy (non-hydrogen) atoms. The Morgan fingerprint density at radius 3 is 2.38 bits per heavy atom. The number of hydrogen-bond acceptors (Lipinski definition) is 1. The molecular formula is C12H25N. The molecule has 0 bridgehead atoms. The lowest BCUT2D eigenvalue weighted by Crippen LogP contribution is -2.21. The van der Waals surface area contributed by atoms with Gasteiger partial charge in [0.25, 0.3) is 0 Å². The van der Waals surface area contributed by atoms with E-state index in [1.54, 1.807) is 0 Å². The predicted molar refractivity (Wildman–Crippen MR) is 58.8 cm³/mol. The molecule has 1 heterocycles. The van der Waals surface area contributed by atoms with Crippen LogP contribution >= 0.6 is 0 Å². The summed E-state index contributed by atoms with van der Waals surface area (Å²) in [6, 6.07) is 0. The van der Waals surface area contributed by atoms with Gasteiger partial charge < -0.3 is 4.90 Å². The lowest BCUT2D eigenvalue weighted by molar-refractivity contribution is 0.262. The van der Waals surface area contributed by atoms with E-state index in [1.165, 1.54) is 32.4 Å². The first-order valence-electron chi connectivity index (χ1n) is 5.87. The van der Waals surface area contributed by atoms with Crippen LogP contribution in [0.5, 0.6) is 0 Å². The molecule has 0 N–H and O–H groups in total. The summed E-state index contributed by atoms with van der Waals surface area (Å²) in [4.78, 5) is 2.49. The Hall–Kier alpha value is -0.0400. The van der Waals surface area contributed by atoms with E-state index in [9.17, 15) is 0 Å². The van der Waals surface area contributed by atoms with Gasteiger partial charge in [-0.1, -0.05) is 40.0 Å². The Kier molecular flexibility index (Phi) is 4.24. The molecule has 1 nitrogen and oxygen atoms in total. The number of likely N-dealkylation sites (tertiary alicyclic amines) is 1. The largest absolute Gasteiger partial charge is 0.306 e. The minimum Gasteiger partial charge on any atom is -0.306 e. The minimum absolute atomic E-state index is 0.918. The fraction of sp³-hybridized carbons (Fsp3) is 1.00. The van der Waals surface area contributed by atoms with Crippen molar-refractivity contribution in [2.75, 3.05) is 20.1 Å². The molecule has 0 amide bonds. The molecule has 3 atom stereocenters. The SMILES string of the molecule is CCCC(CC)C1CN(C)CC1C. The Morgan fingerprint density at radius 2 is 2.00 bits per heavy atom. The summed E-state index contributed by atoms with van der Waals surface area (Å²) in [5.74, 6) is 2.86. The van der Waals surface area contributed by atoms with Gasteiger partial charge in [0.15, 0.2) is 0 Å². The van der Waals surface area contributed by atoms with Gasteiger partial charge in [0, 0.05) is 13.1 Å². The van der Waals surface area contributed by atoms with E-state index in [0.717, 1.165) is 17.8 Å². The van der Waals surface area contributed by atoms with E-state index in [1.807, 2.05) is 0 Å². The van der Waals surface area contributed by atoms with E-state index in [0.29, 0.717) is 0 Å². The van der Waals surface area contributed by atoms with Gasteiger partial charge in [0.1, 0.15) is 0 Å². The highest BCUT2D eigenvalue weighted by Gasteiger charge is 2.31. The molecule has 1 heteroatoms. The first-order chi connectivity index (χ1) is 6.19. The predicted octanol–water partition coefficient (Wildman–Crippen LogP) is 3.01. The zero-order chi connectivity index (χ0) is 9.84. The van der Waals surface area contributed by atoms with Crippen LogP contribution in [0.3, 0.4) is 0 Å². The number of nitrogens with zero attached hydrogens (tertiary/aromatic N) is 1. The topological polar surface area (TPSA) is 3.24 Å². The average Bonchev–Trinajstić information content (AvgIpc) is 2.41. The molecule has 1 aliphatic rings. The maximum atomic E-state index is 2.49. The Labute approximate surface area is 83.5 Å². The third kappa shape index (κ3) is 2.70. The first kappa shape index (κ1) is 11.0. The highest BCUT2D eigenvalue weighted by atomic mass is 15.1. The minimum atomic E-state index is 0.918. The van der Waals surface area contributed by atoms with E-state index in [-0.39, 0.29) is 0 Å². The molecule has 3 unspecified atom stereocenters. The summed E-state index contributed by atoms with van der Waals surface area (Å²) in [6.45, 7) is 9.73. The maximum absolute atomic E-state index is 2.49. The summed E-state index contributed by atoms with van der Waals surface area (Å²) in [6.07, 6.45) is 4.15. The second-order valence-electron chi connectivity index (χ2n) is 4.82. The van der Waals surface area contributed by atoms with E-state index in [4.69, 9.17) is 0 Å². The highest BCUT2D eigenvalue weighted by molar-refractivity contribution is 4.83. The fourth-order valence-electron chi connectivity index (χ4n) is 2.95. The molecule has 1 saturated heterocycles. The van der Waals surface area contributed by atoms with Gasteiger partial charge >= 0.3 is 0 Å². The van der Waals surface area contributed by atoms with E-state index in [2.05, 4.69) is 32.7 Å². The van der Waals surface area contributed by atoms with Crippen LogP contribution in [0.4, 0.5) is 0 Å². The average molecular weight is 183 g/mol. The molecule has 0 radical (unpaired) electrons. The van der Waals surface area contributed by atoms with Gasteiger partial charge in [-0.25, -0.2) is 0 Å². The Morgan fingerprint density at radius 1 is 1.31 bits per heavy atom. The van der Waals surface area contributed by atoms with Crippen LogP contribution in [0.25, 0.3) is 0 Å². The second kappa shape index (κ2) is 4.99. The van der Waals surface area contributed by atoms with Gasteiger partial charge in [-0.15, -0.1) is 0 Å². The van der Waals surface area contributed by atoms with Crippen LogP contribution in [0.2, 0.25) is 0 Å². The van der Waals surface area contributed by atoms with Crippen LogP contribution in [-0.2, 0) is 0 Å². The van der Waals surface area contributed by atoms with Gasteiger partial charge in [0.2, 0.25) is 0 Å². The van der Waals surface area contributed by atoms with Gasteiger partial charge in [-0.05, 0) is 24.8 Å². The number of rotatable bonds is 4. The standard InChI is InChI=1S/C12H25N/c1-5-7-11(6-2)12-9-13(4)8-10(12)3/h10-12H,5-9H2,1-4H3. The molecule has 0 aromatic heterocycles. The molecule has 1 aliphatic heterocycles. The molecular weight excluding hydrogens is 158 g/mol. The van der Waals surface area contributed by atoms with Crippen LogP contribution in [0.1, 0.15) is 40.0 Å².